The number of halogens is 2. The summed E-state index contributed by atoms with van der Waals surface area (Å²) in [7, 11) is 0. The highest BCUT2D eigenvalue weighted by Crippen LogP contribution is 2.25. The van der Waals surface area contributed by atoms with E-state index in [0.717, 1.165) is 10.1 Å². The maximum Gasteiger partial charge on any atom is 0.387 e. The number of ketones is 1. The number of nitrogens with one attached hydrogen (secondary N) is 1. The molecule has 2 aromatic carbocycles. The fraction of sp³-hybridized carbons (Fsp3) is 0.227. The third kappa shape index (κ3) is 4.85. The minimum atomic E-state index is -3.04. The molecule has 0 saturated carbocycles. The van der Waals surface area contributed by atoms with Crippen molar-refractivity contribution in [2.75, 3.05) is 17.6 Å². The summed E-state index contributed by atoms with van der Waals surface area (Å²) in [5.41, 5.74) is 5.23. The zero-order valence-corrected chi connectivity index (χ0v) is 17.3. The lowest BCUT2D eigenvalue weighted by molar-refractivity contribution is -0.0493. The first-order chi connectivity index (χ1) is 15.3. The molecule has 3 rings (SSSR count). The number of carbonyl (C=O) groups excluding carboxylic acids is 1. The van der Waals surface area contributed by atoms with E-state index in [-0.39, 0.29) is 35.9 Å². The van der Waals surface area contributed by atoms with Crippen molar-refractivity contribution in [2.45, 2.75) is 26.6 Å². The van der Waals surface area contributed by atoms with Crippen molar-refractivity contribution in [3.8, 4) is 5.75 Å². The van der Waals surface area contributed by atoms with Gasteiger partial charge in [0, 0.05) is 6.54 Å². The van der Waals surface area contributed by atoms with Gasteiger partial charge in [-0.15, -0.1) is 0 Å². The number of nitrogen functional groups attached to an aromatic ring is 1. The Labute approximate surface area is 181 Å². The van der Waals surface area contributed by atoms with Crippen molar-refractivity contribution >= 4 is 17.3 Å². The zero-order valence-electron chi connectivity index (χ0n) is 17.3. The van der Waals surface area contributed by atoms with Crippen LogP contribution in [0.5, 0.6) is 5.75 Å². The average molecular weight is 444 g/mol. The zero-order chi connectivity index (χ0) is 23.3. The number of ether oxygens (including phenoxy) is 1. The number of alkyl halides is 2. The van der Waals surface area contributed by atoms with Crippen molar-refractivity contribution in [1.29, 1.82) is 0 Å². The molecular weight excluding hydrogens is 422 g/mol. The topological polar surface area (TPSA) is 108 Å². The third-order valence-corrected chi connectivity index (χ3v) is 4.79. The van der Waals surface area contributed by atoms with Crippen LogP contribution in [0.1, 0.15) is 22.8 Å². The number of para-hydroxylation sites is 2. The highest BCUT2D eigenvalue weighted by Gasteiger charge is 2.22. The second-order valence-corrected chi connectivity index (χ2v) is 6.82. The lowest BCUT2D eigenvalue weighted by atomic mass is 10.1. The van der Waals surface area contributed by atoms with Crippen molar-refractivity contribution < 1.29 is 18.3 Å². The number of nitrogens with zero attached hydrogens (tertiary/aromatic N) is 2. The molecule has 0 aliphatic heterocycles. The van der Waals surface area contributed by atoms with Crippen LogP contribution in [0.3, 0.4) is 0 Å². The molecule has 32 heavy (non-hydrogen) atoms. The molecule has 168 valence electrons. The molecule has 1 heterocycles. The van der Waals surface area contributed by atoms with Crippen LogP contribution in [-0.2, 0) is 13.1 Å². The van der Waals surface area contributed by atoms with E-state index in [9.17, 15) is 23.2 Å². The van der Waals surface area contributed by atoms with Crippen LogP contribution in [0.4, 0.5) is 20.3 Å². The Kier molecular flexibility index (Phi) is 7.04. The number of aromatic nitrogens is 2. The van der Waals surface area contributed by atoms with E-state index >= 15 is 0 Å². The summed E-state index contributed by atoms with van der Waals surface area (Å²) in [6.07, 6.45) is 0. The van der Waals surface area contributed by atoms with E-state index in [2.05, 4.69) is 10.1 Å². The summed E-state index contributed by atoms with van der Waals surface area (Å²) in [6.45, 7) is -1.73. The second-order valence-electron chi connectivity index (χ2n) is 6.82. The minimum Gasteiger partial charge on any atom is -0.433 e. The first-order valence-corrected chi connectivity index (χ1v) is 9.81. The Morgan fingerprint density at radius 2 is 1.72 bits per heavy atom. The molecule has 3 aromatic rings. The molecule has 0 spiro atoms. The van der Waals surface area contributed by atoms with Crippen LogP contribution in [0.25, 0.3) is 0 Å². The van der Waals surface area contributed by atoms with Crippen molar-refractivity contribution in [3.63, 3.8) is 0 Å². The van der Waals surface area contributed by atoms with Gasteiger partial charge in [0.2, 0.25) is 0 Å². The van der Waals surface area contributed by atoms with Crippen LogP contribution < -0.4 is 27.0 Å². The van der Waals surface area contributed by atoms with Gasteiger partial charge in [-0.1, -0.05) is 42.5 Å². The Bertz CT molecular complexity index is 1220. The van der Waals surface area contributed by atoms with Gasteiger partial charge in [-0.25, -0.2) is 4.79 Å². The van der Waals surface area contributed by atoms with Gasteiger partial charge in [0.05, 0.1) is 18.8 Å². The predicted molar refractivity (Wildman–Crippen MR) is 116 cm³/mol. The maximum absolute atomic E-state index is 12.9. The summed E-state index contributed by atoms with van der Waals surface area (Å²) in [4.78, 5) is 38.5. The fourth-order valence-corrected chi connectivity index (χ4v) is 3.25. The molecule has 8 nitrogen and oxygen atoms in total. The lowest BCUT2D eigenvalue weighted by Gasteiger charge is -2.16. The smallest absolute Gasteiger partial charge is 0.387 e. The standard InChI is InChI=1S/C22H22F2N4O4/c1-2-27-20(30)18(19(25)28(22(27)31)13-14-8-4-3-5-9-14)16(29)12-26-15-10-6-7-11-17(15)32-21(23)24/h3-11,21,26H,2,12-13,25H2,1H3. The summed E-state index contributed by atoms with van der Waals surface area (Å²) in [6, 6.07) is 14.8. The van der Waals surface area contributed by atoms with E-state index in [0.29, 0.717) is 0 Å². The van der Waals surface area contributed by atoms with Gasteiger partial charge in [-0.2, -0.15) is 8.78 Å². The SMILES string of the molecule is CCn1c(=O)c(C(=O)CNc2ccccc2OC(F)F)c(N)n(Cc2ccccc2)c1=O. The number of anilines is 2. The van der Waals surface area contributed by atoms with Gasteiger partial charge >= 0.3 is 12.3 Å². The van der Waals surface area contributed by atoms with E-state index in [4.69, 9.17) is 5.73 Å². The molecule has 3 N–H and O–H groups in total. The highest BCUT2D eigenvalue weighted by atomic mass is 19.3. The average Bonchev–Trinajstić information content (AvgIpc) is 2.77. The first-order valence-electron chi connectivity index (χ1n) is 9.81. The fourth-order valence-electron chi connectivity index (χ4n) is 3.25. The van der Waals surface area contributed by atoms with Crippen LogP contribution in [0, 0.1) is 0 Å². The maximum atomic E-state index is 12.9. The van der Waals surface area contributed by atoms with E-state index in [1.807, 2.05) is 6.07 Å². The van der Waals surface area contributed by atoms with Crippen molar-refractivity contribution in [1.82, 2.24) is 9.13 Å². The number of hydrogen-bond acceptors (Lipinski definition) is 6. The van der Waals surface area contributed by atoms with Gasteiger partial charge in [-0.05, 0) is 24.6 Å². The van der Waals surface area contributed by atoms with Crippen molar-refractivity contribution in [3.05, 3.63) is 86.6 Å². The Balaban J connectivity index is 1.95. The Hall–Kier alpha value is -3.95. The minimum absolute atomic E-state index is 0.0471. The third-order valence-electron chi connectivity index (χ3n) is 4.79. The molecule has 0 aliphatic rings. The van der Waals surface area contributed by atoms with Crippen LogP contribution in [0.15, 0.2) is 64.2 Å². The molecule has 0 aliphatic carbocycles. The van der Waals surface area contributed by atoms with E-state index in [1.54, 1.807) is 37.3 Å². The van der Waals surface area contributed by atoms with Crippen LogP contribution in [-0.4, -0.2) is 28.1 Å². The van der Waals surface area contributed by atoms with Crippen molar-refractivity contribution in [2.24, 2.45) is 0 Å². The largest absolute Gasteiger partial charge is 0.433 e. The molecule has 0 saturated heterocycles. The molecule has 0 unspecified atom stereocenters. The summed E-state index contributed by atoms with van der Waals surface area (Å²) >= 11 is 0. The summed E-state index contributed by atoms with van der Waals surface area (Å²) in [5, 5.41) is 2.69. The number of Topliss-reactive ketones (excluding diaryl/α,β-unsaturated/α-hetero) is 1. The molecular formula is C22H22F2N4O4. The molecule has 1 aromatic heterocycles. The molecule has 0 bridgehead atoms. The Morgan fingerprint density at radius 3 is 2.38 bits per heavy atom. The molecule has 0 radical (unpaired) electrons. The van der Waals surface area contributed by atoms with E-state index in [1.165, 1.54) is 22.8 Å². The summed E-state index contributed by atoms with van der Waals surface area (Å²) < 4.78 is 31.7. The van der Waals surface area contributed by atoms with Gasteiger partial charge in [0.25, 0.3) is 5.56 Å². The van der Waals surface area contributed by atoms with Gasteiger partial charge in [0.15, 0.2) is 5.78 Å². The van der Waals surface area contributed by atoms with Gasteiger partial charge < -0.3 is 15.8 Å². The number of rotatable bonds is 9. The number of nitrogens with two attached hydrogens (primary N) is 1. The summed E-state index contributed by atoms with van der Waals surface area (Å²) in [5.74, 6) is -1.09. The van der Waals surface area contributed by atoms with E-state index < -0.39 is 30.2 Å². The van der Waals surface area contributed by atoms with Gasteiger partial charge in [0.1, 0.15) is 17.1 Å². The molecule has 10 heteroatoms. The van der Waals surface area contributed by atoms with Gasteiger partial charge in [-0.3, -0.25) is 18.7 Å². The second kappa shape index (κ2) is 9.90. The number of hydrogen-bond donors (Lipinski definition) is 2. The molecule has 0 fully saturated rings. The highest BCUT2D eigenvalue weighted by molar-refractivity contribution is 6.02. The number of carbonyl (C=O) groups is 1. The normalized spacial score (nSPS) is 10.9. The number of benzene rings is 2. The lowest BCUT2D eigenvalue weighted by Crippen LogP contribution is -2.44. The molecule has 0 atom stereocenters. The monoisotopic (exact) mass is 444 g/mol. The molecule has 0 amide bonds. The Morgan fingerprint density at radius 1 is 1.06 bits per heavy atom. The van der Waals surface area contributed by atoms with Crippen LogP contribution >= 0.6 is 0 Å². The van der Waals surface area contributed by atoms with Crippen LogP contribution in [0.2, 0.25) is 0 Å². The quantitative estimate of drug-likeness (QED) is 0.491. The predicted octanol–water partition coefficient (Wildman–Crippen LogP) is 2.56. The first kappa shape index (κ1) is 22.7.